The Morgan fingerprint density at radius 1 is 1.56 bits per heavy atom. The maximum atomic E-state index is 10.7. The maximum Gasteiger partial charge on any atom is 0.271 e. The van der Waals surface area contributed by atoms with Crippen molar-refractivity contribution in [1.82, 2.24) is 0 Å². The lowest BCUT2D eigenvalue weighted by Gasteiger charge is -2.11. The number of hydrogen-bond donors (Lipinski definition) is 1. The molecule has 1 aliphatic carbocycles. The zero-order valence-corrected chi connectivity index (χ0v) is 9.65. The zero-order valence-electron chi connectivity index (χ0n) is 8.89. The average Bonchev–Trinajstić information content (AvgIpc) is 2.93. The van der Waals surface area contributed by atoms with Crippen molar-refractivity contribution in [2.75, 3.05) is 0 Å². The summed E-state index contributed by atoms with van der Waals surface area (Å²) in [5.41, 5.74) is 6.81. The highest BCUT2D eigenvalue weighted by atomic mass is 35.5. The SMILES string of the molecule is CC1CC1C(N)c1cc(Cl)cc([N+](=O)[O-])c1. The van der Waals surface area contributed by atoms with Gasteiger partial charge in [-0.3, -0.25) is 10.1 Å². The van der Waals surface area contributed by atoms with Gasteiger partial charge in [0.2, 0.25) is 0 Å². The number of benzene rings is 1. The summed E-state index contributed by atoms with van der Waals surface area (Å²) in [5.74, 6) is 1.03. The van der Waals surface area contributed by atoms with E-state index in [4.69, 9.17) is 17.3 Å². The molecule has 5 heteroatoms. The first-order valence-corrected chi connectivity index (χ1v) is 5.57. The minimum atomic E-state index is -0.446. The summed E-state index contributed by atoms with van der Waals surface area (Å²) in [7, 11) is 0. The zero-order chi connectivity index (χ0) is 11.9. The Bertz CT molecular complexity index is 436. The van der Waals surface area contributed by atoms with Gasteiger partial charge in [-0.2, -0.15) is 0 Å². The summed E-state index contributed by atoms with van der Waals surface area (Å²) in [6, 6.07) is 4.42. The molecule has 0 saturated heterocycles. The second kappa shape index (κ2) is 4.03. The molecule has 2 N–H and O–H groups in total. The minimum Gasteiger partial charge on any atom is -0.324 e. The van der Waals surface area contributed by atoms with Crippen molar-refractivity contribution < 1.29 is 4.92 Å². The van der Waals surface area contributed by atoms with E-state index in [-0.39, 0.29) is 11.7 Å². The molecule has 0 amide bonds. The molecule has 1 aliphatic rings. The van der Waals surface area contributed by atoms with Crippen molar-refractivity contribution in [3.05, 3.63) is 38.9 Å². The van der Waals surface area contributed by atoms with Crippen molar-refractivity contribution in [3.8, 4) is 0 Å². The van der Waals surface area contributed by atoms with Crippen LogP contribution in [-0.2, 0) is 0 Å². The topological polar surface area (TPSA) is 69.2 Å². The van der Waals surface area contributed by atoms with E-state index >= 15 is 0 Å². The van der Waals surface area contributed by atoms with Gasteiger partial charge in [0.1, 0.15) is 0 Å². The second-order valence-electron chi connectivity index (χ2n) is 4.40. The molecule has 0 aliphatic heterocycles. The number of nitro benzene ring substituents is 1. The highest BCUT2D eigenvalue weighted by Gasteiger charge is 2.38. The number of nitrogens with zero attached hydrogens (tertiary/aromatic N) is 1. The molecule has 0 aromatic heterocycles. The molecule has 86 valence electrons. The summed E-state index contributed by atoms with van der Waals surface area (Å²) in [6.07, 6.45) is 1.08. The Hall–Kier alpha value is -1.13. The molecule has 4 nitrogen and oxygen atoms in total. The van der Waals surface area contributed by atoms with Crippen molar-refractivity contribution in [1.29, 1.82) is 0 Å². The van der Waals surface area contributed by atoms with E-state index in [0.29, 0.717) is 16.9 Å². The summed E-state index contributed by atoms with van der Waals surface area (Å²) in [6.45, 7) is 2.13. The van der Waals surface area contributed by atoms with Crippen LogP contribution in [0.5, 0.6) is 0 Å². The van der Waals surface area contributed by atoms with Crippen LogP contribution in [0.4, 0.5) is 5.69 Å². The quantitative estimate of drug-likeness (QED) is 0.652. The van der Waals surface area contributed by atoms with Crippen LogP contribution in [-0.4, -0.2) is 4.92 Å². The van der Waals surface area contributed by atoms with Crippen LogP contribution in [0.15, 0.2) is 18.2 Å². The van der Waals surface area contributed by atoms with Crippen molar-refractivity contribution in [3.63, 3.8) is 0 Å². The molecule has 16 heavy (non-hydrogen) atoms. The number of nitrogens with two attached hydrogens (primary N) is 1. The summed E-state index contributed by atoms with van der Waals surface area (Å²) < 4.78 is 0. The molecule has 1 aromatic rings. The molecular formula is C11H13ClN2O2. The third-order valence-corrected chi connectivity index (χ3v) is 3.35. The fourth-order valence-electron chi connectivity index (χ4n) is 1.99. The Kier molecular flexibility index (Phi) is 2.86. The smallest absolute Gasteiger partial charge is 0.271 e. The van der Waals surface area contributed by atoms with Crippen LogP contribution in [0.1, 0.15) is 24.9 Å². The predicted octanol–water partition coefficient (Wildman–Crippen LogP) is 2.90. The molecule has 1 aromatic carbocycles. The molecule has 3 atom stereocenters. The molecule has 2 rings (SSSR count). The highest BCUT2D eigenvalue weighted by Crippen LogP contribution is 2.46. The Morgan fingerprint density at radius 2 is 2.19 bits per heavy atom. The van der Waals surface area contributed by atoms with Crippen molar-refractivity contribution in [2.45, 2.75) is 19.4 Å². The summed E-state index contributed by atoms with van der Waals surface area (Å²) >= 11 is 5.84. The van der Waals surface area contributed by atoms with Gasteiger partial charge in [-0.1, -0.05) is 18.5 Å². The number of halogens is 1. The molecule has 0 radical (unpaired) electrons. The highest BCUT2D eigenvalue weighted by molar-refractivity contribution is 6.30. The molecule has 0 bridgehead atoms. The van der Waals surface area contributed by atoms with Gasteiger partial charge in [-0.15, -0.1) is 0 Å². The first kappa shape index (κ1) is 11.4. The molecule has 0 heterocycles. The van der Waals surface area contributed by atoms with Crippen molar-refractivity contribution >= 4 is 17.3 Å². The summed E-state index contributed by atoms with van der Waals surface area (Å²) in [4.78, 5) is 10.2. The van der Waals surface area contributed by atoms with Gasteiger partial charge >= 0.3 is 0 Å². The van der Waals surface area contributed by atoms with Crippen LogP contribution >= 0.6 is 11.6 Å². The van der Waals surface area contributed by atoms with E-state index in [2.05, 4.69) is 6.92 Å². The van der Waals surface area contributed by atoms with Gasteiger partial charge in [0.05, 0.1) is 4.92 Å². The van der Waals surface area contributed by atoms with E-state index < -0.39 is 4.92 Å². The van der Waals surface area contributed by atoms with E-state index in [0.717, 1.165) is 12.0 Å². The Labute approximate surface area is 98.5 Å². The van der Waals surface area contributed by atoms with E-state index in [1.807, 2.05) is 0 Å². The third-order valence-electron chi connectivity index (χ3n) is 3.13. The molecule has 1 fully saturated rings. The molecule has 3 unspecified atom stereocenters. The predicted molar refractivity (Wildman–Crippen MR) is 62.3 cm³/mol. The number of hydrogen-bond acceptors (Lipinski definition) is 3. The average molecular weight is 241 g/mol. The van der Waals surface area contributed by atoms with Crippen LogP contribution in [0.25, 0.3) is 0 Å². The lowest BCUT2D eigenvalue weighted by atomic mass is 10.0. The second-order valence-corrected chi connectivity index (χ2v) is 4.84. The van der Waals surface area contributed by atoms with Crippen molar-refractivity contribution in [2.24, 2.45) is 17.6 Å². The first-order chi connectivity index (χ1) is 7.49. The fourth-order valence-corrected chi connectivity index (χ4v) is 2.23. The van der Waals surface area contributed by atoms with Gasteiger partial charge in [0, 0.05) is 23.2 Å². The lowest BCUT2D eigenvalue weighted by Crippen LogP contribution is -2.13. The normalized spacial score (nSPS) is 25.2. The third kappa shape index (κ3) is 2.18. The van der Waals surface area contributed by atoms with Gasteiger partial charge in [0.25, 0.3) is 5.69 Å². The van der Waals surface area contributed by atoms with E-state index in [1.54, 1.807) is 6.07 Å². The van der Waals surface area contributed by atoms with E-state index in [9.17, 15) is 10.1 Å². The minimum absolute atomic E-state index is 0.00579. The number of nitro groups is 1. The lowest BCUT2D eigenvalue weighted by molar-refractivity contribution is -0.384. The monoisotopic (exact) mass is 240 g/mol. The van der Waals surface area contributed by atoms with Gasteiger partial charge in [0.15, 0.2) is 0 Å². The van der Waals surface area contributed by atoms with Crippen LogP contribution in [0.2, 0.25) is 5.02 Å². The van der Waals surface area contributed by atoms with Gasteiger partial charge in [-0.05, 0) is 29.9 Å². The number of rotatable bonds is 3. The molecule has 0 spiro atoms. The summed E-state index contributed by atoms with van der Waals surface area (Å²) in [5, 5.41) is 11.1. The molecule has 1 saturated carbocycles. The van der Waals surface area contributed by atoms with Gasteiger partial charge < -0.3 is 5.73 Å². The van der Waals surface area contributed by atoms with Crippen LogP contribution < -0.4 is 5.73 Å². The number of non-ortho nitro benzene ring substituents is 1. The van der Waals surface area contributed by atoms with E-state index in [1.165, 1.54) is 12.1 Å². The fraction of sp³-hybridized carbons (Fsp3) is 0.455. The Morgan fingerprint density at radius 3 is 2.69 bits per heavy atom. The Balaban J connectivity index is 2.30. The first-order valence-electron chi connectivity index (χ1n) is 5.19. The van der Waals surface area contributed by atoms with Crippen LogP contribution in [0.3, 0.4) is 0 Å². The standard InChI is InChI=1S/C11H13ClN2O2/c1-6-2-10(6)11(13)7-3-8(12)5-9(4-7)14(15)16/h3-6,10-11H,2,13H2,1H3. The molecular weight excluding hydrogens is 228 g/mol. The van der Waals surface area contributed by atoms with Crippen LogP contribution in [0, 0.1) is 22.0 Å². The maximum absolute atomic E-state index is 10.7. The van der Waals surface area contributed by atoms with Gasteiger partial charge in [-0.25, -0.2) is 0 Å². The largest absolute Gasteiger partial charge is 0.324 e.